The van der Waals surface area contributed by atoms with Crippen molar-refractivity contribution in [2.24, 2.45) is 11.8 Å². The van der Waals surface area contributed by atoms with Crippen molar-refractivity contribution in [1.82, 2.24) is 15.5 Å². The second kappa shape index (κ2) is 8.51. The lowest BCUT2D eigenvalue weighted by Gasteiger charge is -2.34. The van der Waals surface area contributed by atoms with Gasteiger partial charge in [-0.2, -0.15) is 0 Å². The van der Waals surface area contributed by atoms with Crippen molar-refractivity contribution < 1.29 is 9.59 Å². The molecule has 2 unspecified atom stereocenters. The highest BCUT2D eigenvalue weighted by molar-refractivity contribution is 5.88. The summed E-state index contributed by atoms with van der Waals surface area (Å²) in [6.07, 6.45) is 5.55. The maximum Gasteiger partial charge on any atom is 0.242 e. The highest BCUT2D eigenvalue weighted by atomic mass is 16.2. The van der Waals surface area contributed by atoms with Crippen molar-refractivity contribution in [3.8, 4) is 0 Å². The first kappa shape index (κ1) is 17.3. The maximum atomic E-state index is 12.6. The zero-order valence-electron chi connectivity index (χ0n) is 14.1. The van der Waals surface area contributed by atoms with Crippen LogP contribution in [-0.4, -0.2) is 48.9 Å². The Labute approximate surface area is 134 Å². The van der Waals surface area contributed by atoms with Gasteiger partial charge >= 0.3 is 0 Å². The molecule has 0 bridgehead atoms. The Morgan fingerprint density at radius 2 is 2.23 bits per heavy atom. The van der Waals surface area contributed by atoms with Gasteiger partial charge in [-0.1, -0.05) is 13.8 Å². The first-order chi connectivity index (χ1) is 10.6. The van der Waals surface area contributed by atoms with Crippen LogP contribution in [0.15, 0.2) is 0 Å². The van der Waals surface area contributed by atoms with Gasteiger partial charge in [-0.05, 0) is 57.0 Å². The van der Waals surface area contributed by atoms with Crippen LogP contribution in [0.25, 0.3) is 0 Å². The molecule has 0 radical (unpaired) electrons. The van der Waals surface area contributed by atoms with Crippen LogP contribution in [0.4, 0.5) is 0 Å². The number of piperidine rings is 1. The van der Waals surface area contributed by atoms with Crippen molar-refractivity contribution >= 4 is 11.8 Å². The predicted molar refractivity (Wildman–Crippen MR) is 87.4 cm³/mol. The van der Waals surface area contributed by atoms with Gasteiger partial charge in [0.05, 0.1) is 0 Å². The lowest BCUT2D eigenvalue weighted by Crippen LogP contribution is -2.52. The molecule has 0 saturated carbocycles. The monoisotopic (exact) mass is 309 g/mol. The minimum Gasteiger partial charge on any atom is -0.354 e. The van der Waals surface area contributed by atoms with Crippen LogP contribution in [0.1, 0.15) is 52.4 Å². The molecule has 0 aromatic carbocycles. The highest BCUT2D eigenvalue weighted by Gasteiger charge is 2.31. The molecule has 0 aliphatic carbocycles. The number of hydrogen-bond donors (Lipinski definition) is 2. The van der Waals surface area contributed by atoms with Crippen LogP contribution >= 0.6 is 0 Å². The molecule has 2 heterocycles. The van der Waals surface area contributed by atoms with Gasteiger partial charge in [0.2, 0.25) is 11.8 Å². The van der Waals surface area contributed by atoms with Gasteiger partial charge in [0, 0.05) is 19.5 Å². The van der Waals surface area contributed by atoms with Crippen molar-refractivity contribution in [3.05, 3.63) is 0 Å². The normalized spacial score (nSPS) is 23.9. The molecule has 0 aromatic rings. The van der Waals surface area contributed by atoms with E-state index >= 15 is 0 Å². The Hall–Kier alpha value is -1.10. The molecule has 2 aliphatic rings. The molecule has 2 saturated heterocycles. The summed E-state index contributed by atoms with van der Waals surface area (Å²) in [6.45, 7) is 7.84. The molecular weight excluding hydrogens is 278 g/mol. The maximum absolute atomic E-state index is 12.6. The van der Waals surface area contributed by atoms with Gasteiger partial charge in [0.1, 0.15) is 6.04 Å². The largest absolute Gasteiger partial charge is 0.354 e. The second-order valence-corrected chi connectivity index (χ2v) is 7.13. The molecule has 22 heavy (non-hydrogen) atoms. The summed E-state index contributed by atoms with van der Waals surface area (Å²) in [6, 6.07) is -0.283. The minimum absolute atomic E-state index is 0.0370. The van der Waals surface area contributed by atoms with Crippen LogP contribution in [0.3, 0.4) is 0 Å². The van der Waals surface area contributed by atoms with E-state index in [1.54, 1.807) is 0 Å². The zero-order chi connectivity index (χ0) is 15.9. The molecule has 5 heteroatoms. The van der Waals surface area contributed by atoms with Gasteiger partial charge in [0.25, 0.3) is 0 Å². The number of nitrogens with zero attached hydrogens (tertiary/aromatic N) is 1. The number of amides is 2. The third-order valence-electron chi connectivity index (χ3n) is 4.75. The average Bonchev–Trinajstić information content (AvgIpc) is 2.98. The number of nitrogens with one attached hydrogen (secondary N) is 2. The van der Waals surface area contributed by atoms with Gasteiger partial charge in [-0.25, -0.2) is 0 Å². The summed E-state index contributed by atoms with van der Waals surface area (Å²) in [5.74, 6) is 1.27. The van der Waals surface area contributed by atoms with Crippen LogP contribution < -0.4 is 10.6 Å². The fraction of sp³-hybridized carbons (Fsp3) is 0.882. The van der Waals surface area contributed by atoms with Crippen molar-refractivity contribution in [1.29, 1.82) is 0 Å². The quantitative estimate of drug-likeness (QED) is 0.750. The summed E-state index contributed by atoms with van der Waals surface area (Å²) in [5, 5.41) is 6.42. The molecule has 0 aromatic heterocycles. The SMILES string of the molecule is CC(C)CC(C(=O)NCCC1CCNC1)N1CCCCC1=O. The first-order valence-corrected chi connectivity index (χ1v) is 8.86. The Kier molecular flexibility index (Phi) is 6.68. The smallest absolute Gasteiger partial charge is 0.242 e. The van der Waals surface area contributed by atoms with E-state index in [2.05, 4.69) is 24.5 Å². The van der Waals surface area contributed by atoms with Crippen LogP contribution in [0.5, 0.6) is 0 Å². The van der Waals surface area contributed by atoms with Gasteiger partial charge in [-0.3, -0.25) is 9.59 Å². The number of hydrogen-bond acceptors (Lipinski definition) is 3. The van der Waals surface area contributed by atoms with E-state index < -0.39 is 0 Å². The van der Waals surface area contributed by atoms with E-state index in [0.717, 1.165) is 51.9 Å². The average molecular weight is 309 g/mol. The van der Waals surface area contributed by atoms with Crippen molar-refractivity contribution in [2.75, 3.05) is 26.2 Å². The standard InChI is InChI=1S/C17H31N3O2/c1-13(2)11-15(20-10-4-3-5-16(20)21)17(22)19-9-7-14-6-8-18-12-14/h13-15,18H,3-12H2,1-2H3,(H,19,22). The summed E-state index contributed by atoms with van der Waals surface area (Å²) in [4.78, 5) is 26.5. The molecule has 2 aliphatic heterocycles. The molecule has 5 nitrogen and oxygen atoms in total. The summed E-state index contributed by atoms with van der Waals surface area (Å²) >= 11 is 0. The van der Waals surface area contributed by atoms with E-state index in [1.165, 1.54) is 6.42 Å². The zero-order valence-corrected chi connectivity index (χ0v) is 14.1. The van der Waals surface area contributed by atoms with Crippen LogP contribution in [-0.2, 0) is 9.59 Å². The number of likely N-dealkylation sites (tertiary alicyclic amines) is 1. The second-order valence-electron chi connectivity index (χ2n) is 7.13. The van der Waals surface area contributed by atoms with Crippen molar-refractivity contribution in [3.63, 3.8) is 0 Å². The Morgan fingerprint density at radius 3 is 2.86 bits per heavy atom. The summed E-state index contributed by atoms with van der Waals surface area (Å²) in [5.41, 5.74) is 0. The van der Waals surface area contributed by atoms with E-state index in [4.69, 9.17) is 0 Å². The van der Waals surface area contributed by atoms with Crippen LogP contribution in [0.2, 0.25) is 0 Å². The van der Waals surface area contributed by atoms with E-state index in [1.807, 2.05) is 4.90 Å². The summed E-state index contributed by atoms with van der Waals surface area (Å²) < 4.78 is 0. The number of carbonyl (C=O) groups is 2. The van der Waals surface area contributed by atoms with E-state index in [0.29, 0.717) is 18.3 Å². The fourth-order valence-corrected chi connectivity index (χ4v) is 3.46. The van der Waals surface area contributed by atoms with E-state index in [-0.39, 0.29) is 17.9 Å². The molecule has 126 valence electrons. The fourth-order valence-electron chi connectivity index (χ4n) is 3.46. The molecular formula is C17H31N3O2. The van der Waals surface area contributed by atoms with Gasteiger partial charge in [-0.15, -0.1) is 0 Å². The lowest BCUT2D eigenvalue weighted by molar-refractivity contribution is -0.143. The highest BCUT2D eigenvalue weighted by Crippen LogP contribution is 2.19. The lowest BCUT2D eigenvalue weighted by atomic mass is 9.98. The first-order valence-electron chi connectivity index (χ1n) is 8.86. The molecule has 0 spiro atoms. The Morgan fingerprint density at radius 1 is 1.41 bits per heavy atom. The van der Waals surface area contributed by atoms with Crippen LogP contribution in [0, 0.1) is 11.8 Å². The topological polar surface area (TPSA) is 61.4 Å². The number of carbonyl (C=O) groups excluding carboxylic acids is 2. The third kappa shape index (κ3) is 4.97. The summed E-state index contributed by atoms with van der Waals surface area (Å²) in [7, 11) is 0. The van der Waals surface area contributed by atoms with E-state index in [9.17, 15) is 9.59 Å². The Balaban J connectivity index is 1.86. The molecule has 2 N–H and O–H groups in total. The minimum atomic E-state index is -0.283. The molecule has 2 atom stereocenters. The van der Waals surface area contributed by atoms with Gasteiger partial charge < -0.3 is 15.5 Å². The Bertz CT molecular complexity index is 378. The van der Waals surface area contributed by atoms with Gasteiger partial charge in [0.15, 0.2) is 0 Å². The van der Waals surface area contributed by atoms with Crippen molar-refractivity contribution in [2.45, 2.75) is 58.4 Å². The molecule has 2 fully saturated rings. The third-order valence-corrected chi connectivity index (χ3v) is 4.75. The predicted octanol–water partition coefficient (Wildman–Crippen LogP) is 1.53. The molecule has 2 amide bonds. The molecule has 2 rings (SSSR count). The number of rotatable bonds is 7.